The van der Waals surface area contributed by atoms with Crippen LogP contribution in [0.3, 0.4) is 0 Å². The van der Waals surface area contributed by atoms with E-state index in [1.807, 2.05) is 0 Å². The zero-order valence-corrected chi connectivity index (χ0v) is 14.5. The van der Waals surface area contributed by atoms with Crippen LogP contribution < -0.4 is 0 Å². The molecule has 121 valence electrons. The Morgan fingerprint density at radius 3 is 0.857 bits per heavy atom. The van der Waals surface area contributed by atoms with Crippen molar-refractivity contribution >= 4 is 7.28 Å². The van der Waals surface area contributed by atoms with Gasteiger partial charge >= 0.3 is 0 Å². The van der Waals surface area contributed by atoms with Crippen LogP contribution in [0.4, 0.5) is 0 Å². The fourth-order valence-corrected chi connectivity index (χ4v) is 4.45. The van der Waals surface area contributed by atoms with Crippen molar-refractivity contribution in [2.75, 3.05) is 0 Å². The van der Waals surface area contributed by atoms with E-state index in [0.29, 0.717) is 0 Å². The topological polar surface area (TPSA) is 0 Å². The Balaban J connectivity index is 1.74. The first-order valence-electron chi connectivity index (χ1n) is 10.3. The van der Waals surface area contributed by atoms with Crippen molar-refractivity contribution in [2.24, 2.45) is 0 Å². The monoisotopic (exact) mass is 289 g/mol. The predicted octanol–water partition coefficient (Wildman–Crippen LogP) is 7.32. The molecule has 2 aliphatic rings. The normalized spacial score (nSPS) is 26.1. The summed E-state index contributed by atoms with van der Waals surface area (Å²) in [5.74, 6) is 1.91. The molecule has 0 nitrogen and oxygen atoms in total. The van der Waals surface area contributed by atoms with E-state index in [4.69, 9.17) is 0 Å². The van der Waals surface area contributed by atoms with Gasteiger partial charge in [0.2, 0.25) is 0 Å². The molecule has 0 aromatic rings. The number of hydrogen-bond acceptors (Lipinski definition) is 0. The van der Waals surface area contributed by atoms with Crippen molar-refractivity contribution in [1.29, 1.82) is 0 Å². The Morgan fingerprint density at radius 1 is 0.333 bits per heavy atom. The molecule has 0 unspecified atom stereocenters. The highest BCUT2D eigenvalue weighted by Crippen LogP contribution is 2.33. The van der Waals surface area contributed by atoms with Gasteiger partial charge in [-0.3, -0.25) is 0 Å². The van der Waals surface area contributed by atoms with Gasteiger partial charge in [0.05, 0.1) is 0 Å². The van der Waals surface area contributed by atoms with Crippen molar-refractivity contribution < 1.29 is 0 Å². The molecule has 2 rings (SSSR count). The lowest BCUT2D eigenvalue weighted by Crippen LogP contribution is -2.13. The lowest BCUT2D eigenvalue weighted by atomic mass is 9.50. The molecule has 0 aromatic carbocycles. The molecule has 2 saturated carbocycles. The maximum absolute atomic E-state index is 2.84. The van der Waals surface area contributed by atoms with Crippen molar-refractivity contribution in [3.05, 3.63) is 0 Å². The van der Waals surface area contributed by atoms with Crippen LogP contribution in [-0.4, -0.2) is 7.28 Å². The summed E-state index contributed by atoms with van der Waals surface area (Å²) in [5.41, 5.74) is 0. The fraction of sp³-hybridized carbons (Fsp3) is 1.00. The second kappa shape index (κ2) is 11.6. The molecule has 0 atom stereocenters. The van der Waals surface area contributed by atoms with Crippen LogP contribution in [0.25, 0.3) is 0 Å². The maximum atomic E-state index is 2.84. The average Bonchev–Trinajstić information content (AvgIpc) is 2.52. The van der Waals surface area contributed by atoms with Gasteiger partial charge in [0.25, 0.3) is 0 Å². The molecular weight excluding hydrogens is 251 g/mol. The quantitative estimate of drug-likeness (QED) is 0.467. The fourth-order valence-electron chi connectivity index (χ4n) is 4.45. The average molecular weight is 289 g/mol. The Labute approximate surface area is 135 Å². The number of hydrogen-bond donors (Lipinski definition) is 0. The van der Waals surface area contributed by atoms with E-state index in [1.54, 1.807) is 0 Å². The molecular formula is C20H38B. The first-order valence-corrected chi connectivity index (χ1v) is 10.3. The Kier molecular flexibility index (Phi) is 9.63. The highest BCUT2D eigenvalue weighted by molar-refractivity contribution is 6.39. The van der Waals surface area contributed by atoms with Crippen LogP contribution >= 0.6 is 0 Å². The summed E-state index contributed by atoms with van der Waals surface area (Å²) >= 11 is 0. The highest BCUT2D eigenvalue weighted by Gasteiger charge is 2.18. The van der Waals surface area contributed by atoms with Crippen LogP contribution in [-0.2, 0) is 0 Å². The second-order valence-corrected chi connectivity index (χ2v) is 7.82. The predicted molar refractivity (Wildman–Crippen MR) is 96.4 cm³/mol. The third-order valence-electron chi connectivity index (χ3n) is 5.84. The molecule has 1 radical (unpaired) electrons. The second-order valence-electron chi connectivity index (χ2n) is 7.82. The molecule has 0 spiro atoms. The minimum absolute atomic E-state index is 0.955. The van der Waals surface area contributed by atoms with E-state index in [-0.39, 0.29) is 0 Å². The highest BCUT2D eigenvalue weighted by atomic mass is 14.1. The van der Waals surface area contributed by atoms with Crippen molar-refractivity contribution in [3.63, 3.8) is 0 Å². The molecule has 0 aromatic heterocycles. The molecule has 0 N–H and O–H groups in total. The summed E-state index contributed by atoms with van der Waals surface area (Å²) in [6, 6.07) is 0. The summed E-state index contributed by atoms with van der Waals surface area (Å²) < 4.78 is 0. The van der Waals surface area contributed by atoms with E-state index >= 15 is 0 Å². The van der Waals surface area contributed by atoms with E-state index in [2.05, 4.69) is 7.28 Å². The summed E-state index contributed by atoms with van der Waals surface area (Å²) in [6.07, 6.45) is 26.9. The van der Waals surface area contributed by atoms with Gasteiger partial charge in [0.15, 0.2) is 0 Å². The molecule has 0 bridgehead atoms. The van der Waals surface area contributed by atoms with Crippen molar-refractivity contribution in [2.45, 2.75) is 127 Å². The zero-order valence-electron chi connectivity index (χ0n) is 14.5. The van der Waals surface area contributed by atoms with Crippen molar-refractivity contribution in [3.8, 4) is 0 Å². The van der Waals surface area contributed by atoms with Gasteiger partial charge in [-0.2, -0.15) is 0 Å². The molecule has 0 aliphatic heterocycles. The molecule has 2 fully saturated rings. The van der Waals surface area contributed by atoms with Crippen molar-refractivity contribution in [1.82, 2.24) is 0 Å². The summed E-state index contributed by atoms with van der Waals surface area (Å²) in [7, 11) is 2.84. The van der Waals surface area contributed by atoms with Crippen LogP contribution in [0, 0.1) is 0 Å². The smallest absolute Gasteiger partial charge is 0.0686 e. The molecule has 0 saturated heterocycles. The molecule has 2 aliphatic carbocycles. The summed E-state index contributed by atoms with van der Waals surface area (Å²) in [5, 5.41) is 0. The Bertz CT molecular complexity index is 194. The Hall–Kier alpha value is 0.0649. The lowest BCUT2D eigenvalue weighted by Gasteiger charge is -2.24. The van der Waals surface area contributed by atoms with Gasteiger partial charge in [-0.05, 0) is 0 Å². The first-order chi connectivity index (χ1) is 10.4. The standard InChI is InChI=1S/C20H38B/c1-3-7-11-15-19(16-12-8-4-1)21-20-17-13-9-5-2-6-10-14-18-20/h19-20H,1-18H2. The van der Waals surface area contributed by atoms with Gasteiger partial charge in [-0.15, -0.1) is 0 Å². The minimum Gasteiger partial charge on any atom is -0.0686 e. The Morgan fingerprint density at radius 2 is 0.571 bits per heavy atom. The number of rotatable bonds is 2. The molecule has 21 heavy (non-hydrogen) atoms. The van der Waals surface area contributed by atoms with E-state index in [9.17, 15) is 0 Å². The third kappa shape index (κ3) is 8.31. The van der Waals surface area contributed by atoms with E-state index in [1.165, 1.54) is 116 Å². The van der Waals surface area contributed by atoms with Crippen LogP contribution in [0.5, 0.6) is 0 Å². The third-order valence-corrected chi connectivity index (χ3v) is 5.84. The summed E-state index contributed by atoms with van der Waals surface area (Å²) in [4.78, 5) is 0. The molecule has 0 amide bonds. The molecule has 1 heteroatoms. The SMILES string of the molecule is [B](C1CCCCCCCCC1)C1CCCCCCCCC1. The minimum atomic E-state index is 0.955. The van der Waals surface area contributed by atoms with E-state index in [0.717, 1.165) is 11.6 Å². The van der Waals surface area contributed by atoms with Gasteiger partial charge in [-0.1, -0.05) is 127 Å². The van der Waals surface area contributed by atoms with Gasteiger partial charge in [0, 0.05) is 0 Å². The lowest BCUT2D eigenvalue weighted by molar-refractivity contribution is 0.482. The van der Waals surface area contributed by atoms with Gasteiger partial charge < -0.3 is 0 Å². The van der Waals surface area contributed by atoms with Crippen LogP contribution in [0.1, 0.15) is 116 Å². The zero-order chi connectivity index (χ0) is 14.6. The van der Waals surface area contributed by atoms with Gasteiger partial charge in [0.1, 0.15) is 7.28 Å². The van der Waals surface area contributed by atoms with Gasteiger partial charge in [-0.25, -0.2) is 0 Å². The maximum Gasteiger partial charge on any atom is 0.117 e. The first kappa shape index (κ1) is 17.4. The summed E-state index contributed by atoms with van der Waals surface area (Å²) in [6.45, 7) is 0. The van der Waals surface area contributed by atoms with Crippen LogP contribution in [0.2, 0.25) is 11.6 Å². The van der Waals surface area contributed by atoms with Crippen LogP contribution in [0.15, 0.2) is 0 Å². The van der Waals surface area contributed by atoms with E-state index < -0.39 is 0 Å². The largest absolute Gasteiger partial charge is 0.117 e. The molecule has 0 heterocycles.